The number of aliphatic carboxylic acids is 1. The Labute approximate surface area is 111 Å². The normalized spacial score (nSPS) is 25.9. The van der Waals surface area contributed by atoms with E-state index in [0.29, 0.717) is 0 Å². The molecule has 0 aromatic heterocycles. The van der Waals surface area contributed by atoms with Crippen molar-refractivity contribution < 1.29 is 29.0 Å². The SMILES string of the molecule is CCOC(=O)CCC(=O)NC1COCC1(C)C(=O)O. The van der Waals surface area contributed by atoms with Crippen molar-refractivity contribution in [3.05, 3.63) is 0 Å². The van der Waals surface area contributed by atoms with Gasteiger partial charge in [-0.1, -0.05) is 0 Å². The van der Waals surface area contributed by atoms with Crippen LogP contribution in [0.25, 0.3) is 0 Å². The van der Waals surface area contributed by atoms with Gasteiger partial charge < -0.3 is 19.9 Å². The van der Waals surface area contributed by atoms with Gasteiger partial charge in [0.25, 0.3) is 0 Å². The maximum absolute atomic E-state index is 11.7. The zero-order valence-corrected chi connectivity index (χ0v) is 11.1. The van der Waals surface area contributed by atoms with Crippen molar-refractivity contribution in [3.63, 3.8) is 0 Å². The Balaban J connectivity index is 2.44. The molecule has 2 N–H and O–H groups in total. The van der Waals surface area contributed by atoms with Gasteiger partial charge in [-0.05, 0) is 13.8 Å². The van der Waals surface area contributed by atoms with Crippen molar-refractivity contribution in [1.29, 1.82) is 0 Å². The number of hydrogen-bond acceptors (Lipinski definition) is 5. The first-order valence-electron chi connectivity index (χ1n) is 6.16. The lowest BCUT2D eigenvalue weighted by atomic mass is 9.85. The second kappa shape index (κ2) is 6.51. The van der Waals surface area contributed by atoms with Gasteiger partial charge >= 0.3 is 11.9 Å². The molecule has 7 nitrogen and oxygen atoms in total. The lowest BCUT2D eigenvalue weighted by Gasteiger charge is -2.25. The van der Waals surface area contributed by atoms with Gasteiger partial charge in [-0.3, -0.25) is 14.4 Å². The van der Waals surface area contributed by atoms with Gasteiger partial charge in [0.05, 0.1) is 32.3 Å². The summed E-state index contributed by atoms with van der Waals surface area (Å²) in [6.45, 7) is 3.71. The summed E-state index contributed by atoms with van der Waals surface area (Å²) in [6.07, 6.45) is -0.0396. The lowest BCUT2D eigenvalue weighted by molar-refractivity contribution is -0.149. The highest BCUT2D eigenvalue weighted by molar-refractivity contribution is 5.83. The topological polar surface area (TPSA) is 102 Å². The largest absolute Gasteiger partial charge is 0.481 e. The molecule has 0 saturated carbocycles. The third-order valence-electron chi connectivity index (χ3n) is 3.14. The summed E-state index contributed by atoms with van der Waals surface area (Å²) < 4.78 is 9.82. The molecule has 2 atom stereocenters. The molecule has 1 heterocycles. The minimum Gasteiger partial charge on any atom is -0.481 e. The van der Waals surface area contributed by atoms with Crippen LogP contribution in [0.5, 0.6) is 0 Å². The van der Waals surface area contributed by atoms with Crippen LogP contribution in [-0.2, 0) is 23.9 Å². The van der Waals surface area contributed by atoms with E-state index in [2.05, 4.69) is 5.32 Å². The van der Waals surface area contributed by atoms with Crippen molar-refractivity contribution in [2.75, 3.05) is 19.8 Å². The molecular formula is C12H19NO6. The Morgan fingerprint density at radius 1 is 1.42 bits per heavy atom. The van der Waals surface area contributed by atoms with Gasteiger partial charge in [0.2, 0.25) is 5.91 Å². The van der Waals surface area contributed by atoms with Crippen LogP contribution in [0.1, 0.15) is 26.7 Å². The lowest BCUT2D eigenvalue weighted by Crippen LogP contribution is -2.49. The fourth-order valence-electron chi connectivity index (χ4n) is 1.80. The minimum atomic E-state index is -1.13. The third-order valence-corrected chi connectivity index (χ3v) is 3.14. The quantitative estimate of drug-likeness (QED) is 0.657. The third kappa shape index (κ3) is 3.92. The molecule has 0 aliphatic carbocycles. The second-order valence-electron chi connectivity index (χ2n) is 4.66. The average molecular weight is 273 g/mol. The highest BCUT2D eigenvalue weighted by atomic mass is 16.5. The molecule has 7 heteroatoms. The van der Waals surface area contributed by atoms with E-state index in [1.165, 1.54) is 6.92 Å². The van der Waals surface area contributed by atoms with Gasteiger partial charge in [0.15, 0.2) is 0 Å². The molecule has 0 aromatic carbocycles. The van der Waals surface area contributed by atoms with E-state index in [9.17, 15) is 14.4 Å². The number of carbonyl (C=O) groups is 3. The van der Waals surface area contributed by atoms with E-state index in [1.54, 1.807) is 6.92 Å². The highest BCUT2D eigenvalue weighted by Crippen LogP contribution is 2.28. The zero-order valence-electron chi connectivity index (χ0n) is 11.1. The number of nitrogens with one attached hydrogen (secondary N) is 1. The van der Waals surface area contributed by atoms with E-state index >= 15 is 0 Å². The molecule has 0 spiro atoms. The fraction of sp³-hybridized carbons (Fsp3) is 0.750. The van der Waals surface area contributed by atoms with Crippen LogP contribution in [0.3, 0.4) is 0 Å². The summed E-state index contributed by atoms with van der Waals surface area (Å²) >= 11 is 0. The monoisotopic (exact) mass is 273 g/mol. The highest BCUT2D eigenvalue weighted by Gasteiger charge is 2.47. The molecule has 1 aliphatic heterocycles. The number of amides is 1. The predicted octanol–water partition coefficient (Wildman–Crippen LogP) is -0.0644. The first-order chi connectivity index (χ1) is 8.90. The number of rotatable bonds is 6. The van der Waals surface area contributed by atoms with Gasteiger partial charge in [-0.25, -0.2) is 0 Å². The van der Waals surface area contributed by atoms with E-state index in [-0.39, 0.29) is 38.6 Å². The molecule has 108 valence electrons. The molecular weight excluding hydrogens is 254 g/mol. The van der Waals surface area contributed by atoms with Crippen molar-refractivity contribution in [3.8, 4) is 0 Å². The summed E-state index contributed by atoms with van der Waals surface area (Å²) in [5, 5.41) is 11.7. The molecule has 1 rings (SSSR count). The number of carboxylic acids is 1. The molecule has 1 saturated heterocycles. The summed E-state index contributed by atoms with van der Waals surface area (Å²) in [4.78, 5) is 33.9. The van der Waals surface area contributed by atoms with E-state index in [0.717, 1.165) is 0 Å². The number of hydrogen-bond donors (Lipinski definition) is 2. The molecule has 1 aliphatic rings. The van der Waals surface area contributed by atoms with Crippen molar-refractivity contribution in [2.24, 2.45) is 5.41 Å². The Kier molecular flexibility index (Phi) is 5.29. The first-order valence-corrected chi connectivity index (χ1v) is 6.16. The van der Waals surface area contributed by atoms with Gasteiger partial charge in [0.1, 0.15) is 5.41 Å². The van der Waals surface area contributed by atoms with Crippen molar-refractivity contribution in [1.82, 2.24) is 5.32 Å². The van der Waals surface area contributed by atoms with Crippen LogP contribution in [-0.4, -0.2) is 48.8 Å². The van der Waals surface area contributed by atoms with Crippen molar-refractivity contribution in [2.45, 2.75) is 32.7 Å². The van der Waals surface area contributed by atoms with Gasteiger partial charge in [0, 0.05) is 6.42 Å². The number of esters is 1. The smallest absolute Gasteiger partial charge is 0.313 e. The molecule has 0 aromatic rings. The molecule has 19 heavy (non-hydrogen) atoms. The first kappa shape index (κ1) is 15.4. The van der Waals surface area contributed by atoms with Crippen LogP contribution < -0.4 is 5.32 Å². The summed E-state index contributed by atoms with van der Waals surface area (Å²) in [7, 11) is 0. The summed E-state index contributed by atoms with van der Waals surface area (Å²) in [6, 6.07) is -0.584. The number of ether oxygens (including phenoxy) is 2. The Morgan fingerprint density at radius 3 is 2.68 bits per heavy atom. The van der Waals surface area contributed by atoms with Crippen LogP contribution in [0.15, 0.2) is 0 Å². The second-order valence-corrected chi connectivity index (χ2v) is 4.66. The predicted molar refractivity (Wildman–Crippen MR) is 64.4 cm³/mol. The van der Waals surface area contributed by atoms with Crippen LogP contribution >= 0.6 is 0 Å². The van der Waals surface area contributed by atoms with Gasteiger partial charge in [-0.15, -0.1) is 0 Å². The van der Waals surface area contributed by atoms with E-state index in [4.69, 9.17) is 14.6 Å². The average Bonchev–Trinajstić information content (AvgIpc) is 2.70. The molecule has 0 radical (unpaired) electrons. The van der Waals surface area contributed by atoms with Crippen molar-refractivity contribution >= 4 is 17.8 Å². The molecule has 0 bridgehead atoms. The maximum atomic E-state index is 11.7. The summed E-state index contributed by atoms with van der Waals surface area (Å²) in [5.74, 6) is -1.84. The Hall–Kier alpha value is -1.63. The Morgan fingerprint density at radius 2 is 2.11 bits per heavy atom. The molecule has 2 unspecified atom stereocenters. The minimum absolute atomic E-state index is 0.0168. The van der Waals surface area contributed by atoms with E-state index < -0.39 is 23.4 Å². The standard InChI is InChI=1S/C12H19NO6/c1-3-19-10(15)5-4-9(14)13-8-6-18-7-12(8,2)11(16)17/h8H,3-7H2,1-2H3,(H,13,14)(H,16,17). The Bertz CT molecular complexity index is 369. The van der Waals surface area contributed by atoms with E-state index in [1.807, 2.05) is 0 Å². The fourth-order valence-corrected chi connectivity index (χ4v) is 1.80. The number of carboxylic acid groups (broad SMARTS) is 1. The van der Waals surface area contributed by atoms with Crippen LogP contribution in [0.2, 0.25) is 0 Å². The van der Waals surface area contributed by atoms with Crippen LogP contribution in [0.4, 0.5) is 0 Å². The van der Waals surface area contributed by atoms with Gasteiger partial charge in [-0.2, -0.15) is 0 Å². The maximum Gasteiger partial charge on any atom is 0.313 e. The molecule has 1 fully saturated rings. The van der Waals surface area contributed by atoms with Crippen LogP contribution in [0, 0.1) is 5.41 Å². The number of carbonyl (C=O) groups excluding carboxylic acids is 2. The summed E-state index contributed by atoms with van der Waals surface area (Å²) in [5.41, 5.74) is -1.13. The molecule has 1 amide bonds. The zero-order chi connectivity index (χ0) is 14.5.